The van der Waals surface area contributed by atoms with E-state index in [0.717, 1.165) is 19.6 Å². The maximum absolute atomic E-state index is 6.20. The van der Waals surface area contributed by atoms with Crippen molar-refractivity contribution in [2.75, 3.05) is 13.1 Å². The molecule has 0 atom stereocenters. The lowest BCUT2D eigenvalue weighted by Crippen LogP contribution is -2.56. The summed E-state index contributed by atoms with van der Waals surface area (Å²) in [6.07, 6.45) is 8.74. The minimum atomic E-state index is 0.188. The van der Waals surface area contributed by atoms with Gasteiger partial charge in [-0.1, -0.05) is 20.8 Å². The highest BCUT2D eigenvalue weighted by Gasteiger charge is 2.40. The van der Waals surface area contributed by atoms with Crippen LogP contribution >= 0.6 is 0 Å². The SMILES string of the molecule is CCN(Cc1ccncc1)C1(CN)CCC(C)(C)CC1. The molecule has 2 rings (SSSR count). The average Bonchev–Trinajstić information content (AvgIpc) is 2.47. The van der Waals surface area contributed by atoms with Gasteiger partial charge in [-0.3, -0.25) is 9.88 Å². The van der Waals surface area contributed by atoms with Crippen molar-refractivity contribution >= 4 is 0 Å². The summed E-state index contributed by atoms with van der Waals surface area (Å²) in [6.45, 7) is 9.82. The lowest BCUT2D eigenvalue weighted by atomic mass is 9.68. The van der Waals surface area contributed by atoms with E-state index in [-0.39, 0.29) is 5.54 Å². The molecule has 2 N–H and O–H groups in total. The van der Waals surface area contributed by atoms with E-state index < -0.39 is 0 Å². The Morgan fingerprint density at radius 2 is 1.75 bits per heavy atom. The number of hydrogen-bond donors (Lipinski definition) is 1. The fourth-order valence-electron chi connectivity index (χ4n) is 3.37. The average molecular weight is 275 g/mol. The molecule has 0 bridgehead atoms. The van der Waals surface area contributed by atoms with E-state index in [9.17, 15) is 0 Å². The van der Waals surface area contributed by atoms with Crippen molar-refractivity contribution in [2.45, 2.75) is 58.5 Å². The third-order valence-corrected chi connectivity index (χ3v) is 5.09. The summed E-state index contributed by atoms with van der Waals surface area (Å²) in [5, 5.41) is 0. The maximum atomic E-state index is 6.20. The molecule has 1 fully saturated rings. The van der Waals surface area contributed by atoms with E-state index >= 15 is 0 Å². The Labute approximate surface area is 123 Å². The fraction of sp³-hybridized carbons (Fsp3) is 0.706. The molecule has 1 aliphatic carbocycles. The van der Waals surface area contributed by atoms with Gasteiger partial charge in [0, 0.05) is 31.0 Å². The minimum Gasteiger partial charge on any atom is -0.329 e. The van der Waals surface area contributed by atoms with Crippen LogP contribution in [0.25, 0.3) is 0 Å². The van der Waals surface area contributed by atoms with Crippen molar-refractivity contribution in [3.63, 3.8) is 0 Å². The van der Waals surface area contributed by atoms with Gasteiger partial charge in [-0.05, 0) is 55.3 Å². The van der Waals surface area contributed by atoms with Crippen LogP contribution in [0.4, 0.5) is 0 Å². The quantitative estimate of drug-likeness (QED) is 0.897. The van der Waals surface area contributed by atoms with Gasteiger partial charge in [0.15, 0.2) is 0 Å². The van der Waals surface area contributed by atoms with Crippen LogP contribution in [0.2, 0.25) is 0 Å². The Hall–Kier alpha value is -0.930. The van der Waals surface area contributed by atoms with Gasteiger partial charge in [0.2, 0.25) is 0 Å². The van der Waals surface area contributed by atoms with Gasteiger partial charge < -0.3 is 5.73 Å². The molecular formula is C17H29N3. The molecule has 1 aromatic heterocycles. The molecule has 0 aliphatic heterocycles. The molecule has 0 spiro atoms. The van der Waals surface area contributed by atoms with E-state index in [4.69, 9.17) is 5.73 Å². The number of pyridine rings is 1. The monoisotopic (exact) mass is 275 g/mol. The molecule has 1 aromatic rings. The van der Waals surface area contributed by atoms with E-state index in [2.05, 4.69) is 42.8 Å². The summed E-state index contributed by atoms with van der Waals surface area (Å²) >= 11 is 0. The Morgan fingerprint density at radius 1 is 1.15 bits per heavy atom. The molecule has 1 aliphatic rings. The topological polar surface area (TPSA) is 42.2 Å². The van der Waals surface area contributed by atoms with Crippen LogP contribution in [0.15, 0.2) is 24.5 Å². The van der Waals surface area contributed by atoms with Crippen molar-refractivity contribution < 1.29 is 0 Å². The van der Waals surface area contributed by atoms with Crippen molar-refractivity contribution in [3.8, 4) is 0 Å². The third-order valence-electron chi connectivity index (χ3n) is 5.09. The summed E-state index contributed by atoms with van der Waals surface area (Å²) in [4.78, 5) is 6.69. The lowest BCUT2D eigenvalue weighted by molar-refractivity contribution is 0.0206. The van der Waals surface area contributed by atoms with Gasteiger partial charge in [-0.15, -0.1) is 0 Å². The Morgan fingerprint density at radius 3 is 2.25 bits per heavy atom. The number of rotatable bonds is 5. The summed E-state index contributed by atoms with van der Waals surface area (Å²) in [6, 6.07) is 4.22. The molecule has 1 heterocycles. The van der Waals surface area contributed by atoms with E-state index in [1.165, 1.54) is 31.2 Å². The molecule has 0 unspecified atom stereocenters. The zero-order valence-electron chi connectivity index (χ0n) is 13.2. The highest BCUT2D eigenvalue weighted by atomic mass is 15.2. The van der Waals surface area contributed by atoms with Crippen LogP contribution < -0.4 is 5.73 Å². The van der Waals surface area contributed by atoms with Gasteiger partial charge in [-0.25, -0.2) is 0 Å². The highest BCUT2D eigenvalue weighted by Crippen LogP contribution is 2.42. The molecule has 0 saturated heterocycles. The predicted octanol–water partition coefficient (Wildman–Crippen LogP) is 3.20. The standard InChI is InChI=1S/C17H29N3/c1-4-20(13-15-5-11-19-12-6-15)17(14-18)9-7-16(2,3)8-10-17/h5-6,11-12H,4,7-10,13-14,18H2,1-3H3. The van der Waals surface area contributed by atoms with Gasteiger partial charge in [-0.2, -0.15) is 0 Å². The van der Waals surface area contributed by atoms with Crippen molar-refractivity contribution in [2.24, 2.45) is 11.1 Å². The Bertz CT molecular complexity index is 404. The highest BCUT2D eigenvalue weighted by molar-refractivity contribution is 5.11. The van der Waals surface area contributed by atoms with E-state index in [0.29, 0.717) is 5.41 Å². The molecule has 0 radical (unpaired) electrons. The molecule has 3 heteroatoms. The normalized spacial score (nSPS) is 21.1. The van der Waals surface area contributed by atoms with Crippen molar-refractivity contribution in [3.05, 3.63) is 30.1 Å². The van der Waals surface area contributed by atoms with Crippen LogP contribution in [0.5, 0.6) is 0 Å². The Balaban J connectivity index is 2.12. The first-order chi connectivity index (χ1) is 9.51. The van der Waals surface area contributed by atoms with E-state index in [1.807, 2.05) is 12.4 Å². The second kappa shape index (κ2) is 6.23. The maximum Gasteiger partial charge on any atom is 0.0335 e. The third kappa shape index (κ3) is 3.39. The minimum absolute atomic E-state index is 0.188. The second-order valence-corrected chi connectivity index (χ2v) is 6.96. The zero-order chi connectivity index (χ0) is 14.6. The van der Waals surface area contributed by atoms with Crippen molar-refractivity contribution in [1.29, 1.82) is 0 Å². The van der Waals surface area contributed by atoms with Gasteiger partial charge in [0.25, 0.3) is 0 Å². The van der Waals surface area contributed by atoms with Crippen LogP contribution in [0.1, 0.15) is 52.0 Å². The first-order valence-corrected chi connectivity index (χ1v) is 7.85. The van der Waals surface area contributed by atoms with Gasteiger partial charge in [0.1, 0.15) is 0 Å². The molecule has 20 heavy (non-hydrogen) atoms. The van der Waals surface area contributed by atoms with E-state index in [1.54, 1.807) is 0 Å². The molecule has 0 aromatic carbocycles. The molecule has 3 nitrogen and oxygen atoms in total. The van der Waals surface area contributed by atoms with Crippen LogP contribution in [0.3, 0.4) is 0 Å². The molecule has 112 valence electrons. The second-order valence-electron chi connectivity index (χ2n) is 6.96. The molecule has 0 amide bonds. The lowest BCUT2D eigenvalue weighted by Gasteiger charge is -2.49. The predicted molar refractivity (Wildman–Crippen MR) is 84.4 cm³/mol. The van der Waals surface area contributed by atoms with Crippen LogP contribution in [0, 0.1) is 5.41 Å². The first kappa shape index (κ1) is 15.5. The fourth-order valence-corrected chi connectivity index (χ4v) is 3.37. The van der Waals surface area contributed by atoms with Gasteiger partial charge >= 0.3 is 0 Å². The first-order valence-electron chi connectivity index (χ1n) is 7.85. The van der Waals surface area contributed by atoms with Gasteiger partial charge in [0.05, 0.1) is 0 Å². The molecular weight excluding hydrogens is 246 g/mol. The summed E-state index contributed by atoms with van der Waals surface area (Å²) in [5.41, 5.74) is 8.20. The molecule has 1 saturated carbocycles. The van der Waals surface area contributed by atoms with Crippen LogP contribution in [-0.4, -0.2) is 28.5 Å². The van der Waals surface area contributed by atoms with Crippen LogP contribution in [-0.2, 0) is 6.54 Å². The number of nitrogens with zero attached hydrogens (tertiary/aromatic N) is 2. The Kier molecular flexibility index (Phi) is 4.82. The summed E-state index contributed by atoms with van der Waals surface area (Å²) in [7, 11) is 0. The number of likely N-dealkylation sites (N-methyl/N-ethyl adjacent to an activating group) is 1. The smallest absolute Gasteiger partial charge is 0.0335 e. The summed E-state index contributed by atoms with van der Waals surface area (Å²) < 4.78 is 0. The number of nitrogens with two attached hydrogens (primary N) is 1. The van der Waals surface area contributed by atoms with Crippen molar-refractivity contribution in [1.82, 2.24) is 9.88 Å². The zero-order valence-corrected chi connectivity index (χ0v) is 13.2. The number of aromatic nitrogens is 1. The number of hydrogen-bond acceptors (Lipinski definition) is 3. The largest absolute Gasteiger partial charge is 0.329 e. The summed E-state index contributed by atoms with van der Waals surface area (Å²) in [5.74, 6) is 0.